The van der Waals surface area contributed by atoms with Crippen LogP contribution in [0.5, 0.6) is 11.5 Å². The number of phenolic OH excluding ortho intramolecular Hbond substituents is 1. The van der Waals surface area contributed by atoms with Crippen LogP contribution in [0.15, 0.2) is 36.4 Å². The molecule has 0 radical (unpaired) electrons. The number of aromatic hydroxyl groups is 1. The molecule has 1 aromatic heterocycles. The monoisotopic (exact) mass is 427 g/mol. The molecule has 0 saturated heterocycles. The van der Waals surface area contributed by atoms with Gasteiger partial charge in [0.15, 0.2) is 0 Å². The maximum Gasteiger partial charge on any atom is 0.273 e. The number of nitrogens with zero attached hydrogens (tertiary/aromatic N) is 2. The van der Waals surface area contributed by atoms with Gasteiger partial charge < -0.3 is 19.8 Å². The van der Waals surface area contributed by atoms with Crippen molar-refractivity contribution in [3.8, 4) is 22.8 Å². The molecule has 0 unspecified atom stereocenters. The van der Waals surface area contributed by atoms with E-state index in [9.17, 15) is 15.0 Å². The van der Waals surface area contributed by atoms with Crippen molar-refractivity contribution in [2.75, 3.05) is 19.8 Å². The zero-order valence-electron chi connectivity index (χ0n) is 16.6. The number of carbonyl (C=O) groups excluding carboxylic acids is 1. The minimum Gasteiger partial charge on any atom is -0.507 e. The summed E-state index contributed by atoms with van der Waals surface area (Å²) < 4.78 is 5.63. The number of nitrogens with one attached hydrogen (secondary N) is 1. The molecule has 0 bridgehead atoms. The van der Waals surface area contributed by atoms with Crippen molar-refractivity contribution in [3.63, 3.8) is 0 Å². The van der Waals surface area contributed by atoms with Crippen LogP contribution in [0.2, 0.25) is 5.02 Å². The Hall–Kier alpha value is -3.03. The Labute approximate surface area is 178 Å². The van der Waals surface area contributed by atoms with E-state index in [4.69, 9.17) is 16.3 Å². The lowest BCUT2D eigenvalue weighted by atomic mass is 9.95. The minimum atomic E-state index is -0.492. The Morgan fingerprint density at radius 1 is 1.30 bits per heavy atom. The van der Waals surface area contributed by atoms with Crippen molar-refractivity contribution in [1.29, 1.82) is 0 Å². The summed E-state index contributed by atoms with van der Waals surface area (Å²) >= 11 is 6.29. The number of hydrogen-bond acceptors (Lipinski definition) is 5. The van der Waals surface area contributed by atoms with Crippen molar-refractivity contribution in [2.45, 2.75) is 19.9 Å². The Morgan fingerprint density at radius 3 is 2.83 bits per heavy atom. The van der Waals surface area contributed by atoms with Crippen LogP contribution >= 0.6 is 11.6 Å². The quantitative estimate of drug-likeness (QED) is 0.557. The van der Waals surface area contributed by atoms with E-state index in [1.54, 1.807) is 24.0 Å². The standard InChI is InChI=1S/C22H22ClN3O4/c1-3-30-14-6-4-5-13(10-14)21-18-19(15-11-16(23)12(2)9-17(15)28)24-25-20(18)22(29)26(21)7-8-27/h4-6,9-11,21,27-28H,3,7-8H2,1-2H3,(H,24,25)/t21-/m0/s1. The third-order valence-corrected chi connectivity index (χ3v) is 5.63. The summed E-state index contributed by atoms with van der Waals surface area (Å²) in [6, 6.07) is 10.2. The molecule has 2 heterocycles. The van der Waals surface area contributed by atoms with Crippen LogP contribution in [0.25, 0.3) is 11.3 Å². The number of aliphatic hydroxyl groups is 1. The van der Waals surface area contributed by atoms with Crippen LogP contribution in [0.1, 0.15) is 40.1 Å². The maximum absolute atomic E-state index is 13.1. The van der Waals surface area contributed by atoms with Crippen LogP contribution in [0, 0.1) is 6.92 Å². The molecule has 30 heavy (non-hydrogen) atoms. The zero-order valence-corrected chi connectivity index (χ0v) is 17.4. The second kappa shape index (κ2) is 8.01. The molecule has 1 atom stereocenters. The molecule has 1 aliphatic heterocycles. The number of phenols is 1. The first-order chi connectivity index (χ1) is 14.5. The highest BCUT2D eigenvalue weighted by Gasteiger charge is 2.42. The molecule has 0 spiro atoms. The van der Waals surface area contributed by atoms with Gasteiger partial charge >= 0.3 is 0 Å². The van der Waals surface area contributed by atoms with Gasteiger partial charge in [-0.25, -0.2) is 0 Å². The number of fused-ring (bicyclic) bond motifs is 1. The summed E-state index contributed by atoms with van der Waals surface area (Å²) in [7, 11) is 0. The van der Waals surface area contributed by atoms with Crippen molar-refractivity contribution >= 4 is 17.5 Å². The summed E-state index contributed by atoms with van der Waals surface area (Å²) in [5.41, 5.74) is 3.42. The molecule has 1 aliphatic rings. The number of β-amino-alcohol motifs (C(OH)–C–C–N with tert-alkyl or cyclic N) is 1. The lowest BCUT2D eigenvalue weighted by Gasteiger charge is -2.26. The molecule has 8 heteroatoms. The number of carbonyl (C=O) groups is 1. The molecular weight excluding hydrogens is 406 g/mol. The number of aryl methyl sites for hydroxylation is 1. The number of H-pyrrole nitrogens is 1. The summed E-state index contributed by atoms with van der Waals surface area (Å²) in [4.78, 5) is 14.6. The van der Waals surface area contributed by atoms with E-state index in [1.165, 1.54) is 0 Å². The first-order valence-electron chi connectivity index (χ1n) is 9.68. The van der Waals surface area contributed by atoms with Crippen molar-refractivity contribution in [2.24, 2.45) is 0 Å². The van der Waals surface area contributed by atoms with E-state index in [0.29, 0.717) is 39.9 Å². The summed E-state index contributed by atoms with van der Waals surface area (Å²) in [5.74, 6) is 0.453. The highest BCUT2D eigenvalue weighted by molar-refractivity contribution is 6.31. The van der Waals surface area contributed by atoms with Crippen LogP contribution in [0.3, 0.4) is 0 Å². The third kappa shape index (κ3) is 3.30. The molecule has 1 amide bonds. The van der Waals surface area contributed by atoms with Gasteiger partial charge in [0.2, 0.25) is 0 Å². The van der Waals surface area contributed by atoms with Gasteiger partial charge in [0.25, 0.3) is 5.91 Å². The molecule has 7 nitrogen and oxygen atoms in total. The minimum absolute atomic E-state index is 0.0288. The van der Waals surface area contributed by atoms with E-state index in [2.05, 4.69) is 10.2 Å². The Morgan fingerprint density at radius 2 is 2.10 bits per heavy atom. The molecule has 0 saturated carbocycles. The van der Waals surface area contributed by atoms with Crippen LogP contribution in [-0.2, 0) is 0 Å². The average molecular weight is 428 g/mol. The summed E-state index contributed by atoms with van der Waals surface area (Å²) in [5, 5.41) is 27.8. The topological polar surface area (TPSA) is 98.7 Å². The number of benzene rings is 2. The molecule has 4 rings (SSSR count). The lowest BCUT2D eigenvalue weighted by Crippen LogP contribution is -2.32. The normalized spacial score (nSPS) is 15.5. The largest absolute Gasteiger partial charge is 0.507 e. The fraction of sp³-hybridized carbons (Fsp3) is 0.273. The van der Waals surface area contributed by atoms with E-state index in [0.717, 1.165) is 11.1 Å². The van der Waals surface area contributed by atoms with Gasteiger partial charge in [-0.3, -0.25) is 9.89 Å². The first kappa shape index (κ1) is 20.3. The molecule has 3 aromatic rings. The van der Waals surface area contributed by atoms with E-state index in [-0.39, 0.29) is 24.8 Å². The van der Waals surface area contributed by atoms with Gasteiger partial charge in [0, 0.05) is 22.7 Å². The fourth-order valence-electron chi connectivity index (χ4n) is 3.88. The Kier molecular flexibility index (Phi) is 5.40. The average Bonchev–Trinajstić information content (AvgIpc) is 3.25. The summed E-state index contributed by atoms with van der Waals surface area (Å²) in [6.45, 7) is 4.20. The number of ether oxygens (including phenoxy) is 1. The van der Waals surface area contributed by atoms with Crippen molar-refractivity contribution < 1.29 is 19.7 Å². The van der Waals surface area contributed by atoms with Crippen LogP contribution in [-0.4, -0.2) is 51.0 Å². The van der Waals surface area contributed by atoms with Gasteiger partial charge in [-0.05, 0) is 49.2 Å². The van der Waals surface area contributed by atoms with E-state index < -0.39 is 6.04 Å². The van der Waals surface area contributed by atoms with Crippen LogP contribution < -0.4 is 4.74 Å². The van der Waals surface area contributed by atoms with Crippen LogP contribution in [0.4, 0.5) is 0 Å². The Balaban J connectivity index is 1.90. The highest BCUT2D eigenvalue weighted by atomic mass is 35.5. The number of halogens is 1. The molecule has 3 N–H and O–H groups in total. The smallest absolute Gasteiger partial charge is 0.273 e. The van der Waals surface area contributed by atoms with E-state index >= 15 is 0 Å². The number of amides is 1. The third-order valence-electron chi connectivity index (χ3n) is 5.22. The molecule has 156 valence electrons. The second-order valence-electron chi connectivity index (χ2n) is 7.11. The zero-order chi connectivity index (χ0) is 21.4. The molecule has 0 aliphatic carbocycles. The number of rotatable bonds is 6. The fourth-order valence-corrected chi connectivity index (χ4v) is 4.05. The molecule has 2 aromatic carbocycles. The van der Waals surface area contributed by atoms with Crippen molar-refractivity contribution in [1.82, 2.24) is 15.1 Å². The number of aromatic nitrogens is 2. The maximum atomic E-state index is 13.1. The van der Waals surface area contributed by atoms with Gasteiger partial charge in [-0.1, -0.05) is 23.7 Å². The second-order valence-corrected chi connectivity index (χ2v) is 7.52. The number of aromatic amines is 1. The van der Waals surface area contributed by atoms with E-state index in [1.807, 2.05) is 31.2 Å². The predicted octanol–water partition coefficient (Wildman–Crippen LogP) is 3.68. The van der Waals surface area contributed by atoms with Gasteiger partial charge in [0.1, 0.15) is 22.9 Å². The SMILES string of the molecule is CCOc1cccc([C@H]2c3c(-c4cc(Cl)c(C)cc4O)n[nH]c3C(=O)N2CCO)c1. The lowest BCUT2D eigenvalue weighted by molar-refractivity contribution is 0.0706. The first-order valence-corrected chi connectivity index (χ1v) is 10.1. The van der Waals surface area contributed by atoms with Crippen molar-refractivity contribution in [3.05, 3.63) is 63.8 Å². The van der Waals surface area contributed by atoms with Gasteiger partial charge in [0.05, 0.1) is 19.3 Å². The molecule has 0 fully saturated rings. The predicted molar refractivity (Wildman–Crippen MR) is 113 cm³/mol. The highest BCUT2D eigenvalue weighted by Crippen LogP contribution is 2.45. The molecular formula is C22H22ClN3O4. The number of aliphatic hydroxyl groups excluding tert-OH is 1. The van der Waals surface area contributed by atoms with Gasteiger partial charge in [-0.2, -0.15) is 5.10 Å². The Bertz CT molecular complexity index is 1110. The number of hydrogen-bond donors (Lipinski definition) is 3. The summed E-state index contributed by atoms with van der Waals surface area (Å²) in [6.07, 6.45) is 0. The van der Waals surface area contributed by atoms with Gasteiger partial charge in [-0.15, -0.1) is 0 Å².